The highest BCUT2D eigenvalue weighted by Gasteiger charge is 2.24. The molecule has 3 aromatic rings. The Hall–Kier alpha value is -3.67. The van der Waals surface area contributed by atoms with Crippen LogP contribution in [0.5, 0.6) is 0 Å². The van der Waals surface area contributed by atoms with Gasteiger partial charge in [0.15, 0.2) is 0 Å². The molecular weight excluding hydrogens is 474 g/mol. The first-order chi connectivity index (χ1) is 16.8. The molecule has 0 aliphatic heterocycles. The Bertz CT molecular complexity index is 1250. The lowest BCUT2D eigenvalue weighted by atomic mass is 10.1. The maximum Gasteiger partial charge on any atom is 0.328 e. The van der Waals surface area contributed by atoms with E-state index in [1.165, 1.54) is 11.3 Å². The average molecular weight is 504 g/mol. The van der Waals surface area contributed by atoms with E-state index in [4.69, 9.17) is 15.2 Å². The summed E-state index contributed by atoms with van der Waals surface area (Å²) in [4.78, 5) is 59.2. The number of nitrogen functional groups attached to an aromatic ring is 1. The topological polar surface area (TPSA) is 169 Å². The molecule has 3 rings (SSSR count). The van der Waals surface area contributed by atoms with Gasteiger partial charge in [-0.3, -0.25) is 19.4 Å². The summed E-state index contributed by atoms with van der Waals surface area (Å²) in [5.74, 6) is -1.37. The van der Waals surface area contributed by atoms with Crippen LogP contribution in [0.2, 0.25) is 0 Å². The number of aromatic amines is 2. The molecule has 0 fully saturated rings. The molecule has 0 aliphatic rings. The van der Waals surface area contributed by atoms with Crippen LogP contribution in [0.1, 0.15) is 54.0 Å². The number of anilines is 1. The van der Waals surface area contributed by atoms with Crippen molar-refractivity contribution in [3.63, 3.8) is 0 Å². The molecule has 3 heterocycles. The fourth-order valence-electron chi connectivity index (χ4n) is 3.54. The third-order valence-corrected chi connectivity index (χ3v) is 6.17. The number of hydrogen-bond donors (Lipinski definition) is 4. The molecule has 0 aromatic carbocycles. The number of aryl methyl sites for hydroxylation is 2. The molecule has 0 aliphatic carbocycles. The average Bonchev–Trinajstić information content (AvgIpc) is 3.44. The van der Waals surface area contributed by atoms with Crippen molar-refractivity contribution in [3.8, 4) is 0 Å². The molecule has 0 unspecified atom stereocenters. The van der Waals surface area contributed by atoms with Crippen LogP contribution in [0.25, 0.3) is 11.0 Å². The number of esters is 2. The second-order valence-electron chi connectivity index (χ2n) is 7.79. The minimum atomic E-state index is -0.942. The van der Waals surface area contributed by atoms with Gasteiger partial charge < -0.3 is 25.5 Å². The Balaban J connectivity index is 1.55. The van der Waals surface area contributed by atoms with Gasteiger partial charge in [0, 0.05) is 22.4 Å². The van der Waals surface area contributed by atoms with Crippen molar-refractivity contribution in [2.75, 3.05) is 18.9 Å². The first kappa shape index (κ1) is 25.9. The first-order valence-electron chi connectivity index (χ1n) is 11.4. The summed E-state index contributed by atoms with van der Waals surface area (Å²) in [5.41, 5.74) is 7.06. The zero-order valence-corrected chi connectivity index (χ0v) is 20.5. The Morgan fingerprint density at radius 1 is 1.14 bits per heavy atom. The van der Waals surface area contributed by atoms with Gasteiger partial charge in [-0.25, -0.2) is 4.79 Å². The van der Waals surface area contributed by atoms with Gasteiger partial charge in [0.05, 0.1) is 24.2 Å². The molecule has 0 saturated heterocycles. The number of fused-ring (bicyclic) bond motifs is 1. The van der Waals surface area contributed by atoms with Crippen molar-refractivity contribution in [3.05, 3.63) is 44.0 Å². The van der Waals surface area contributed by atoms with Gasteiger partial charge in [-0.15, -0.1) is 11.3 Å². The van der Waals surface area contributed by atoms with Gasteiger partial charge in [-0.05, 0) is 51.7 Å². The van der Waals surface area contributed by atoms with Crippen molar-refractivity contribution < 1.29 is 23.9 Å². The van der Waals surface area contributed by atoms with E-state index in [0.29, 0.717) is 23.0 Å². The molecule has 0 spiro atoms. The predicted octanol–water partition coefficient (Wildman–Crippen LogP) is 2.07. The zero-order valence-electron chi connectivity index (χ0n) is 19.6. The molecule has 0 saturated carbocycles. The Kier molecular flexibility index (Phi) is 9.01. The number of ether oxygens (including phenoxy) is 2. The van der Waals surface area contributed by atoms with Crippen molar-refractivity contribution in [2.45, 2.75) is 52.0 Å². The molecule has 188 valence electrons. The number of nitrogens with two attached hydrogens (primary N) is 1. The second-order valence-corrected chi connectivity index (χ2v) is 8.78. The molecule has 5 N–H and O–H groups in total. The molecule has 12 heteroatoms. The quantitative estimate of drug-likeness (QED) is 0.272. The van der Waals surface area contributed by atoms with E-state index >= 15 is 0 Å². The summed E-state index contributed by atoms with van der Waals surface area (Å²) in [6.45, 7) is 3.79. The summed E-state index contributed by atoms with van der Waals surface area (Å²) in [6.07, 6.45) is 2.28. The highest BCUT2D eigenvalue weighted by Crippen LogP contribution is 2.19. The van der Waals surface area contributed by atoms with Crippen molar-refractivity contribution in [1.82, 2.24) is 20.3 Å². The maximum atomic E-state index is 12.7. The maximum absolute atomic E-state index is 12.7. The molecule has 0 bridgehead atoms. The number of thiophene rings is 1. The third-order valence-electron chi connectivity index (χ3n) is 5.18. The summed E-state index contributed by atoms with van der Waals surface area (Å²) in [5, 5.41) is 4.86. The lowest BCUT2D eigenvalue weighted by Crippen LogP contribution is -2.42. The third kappa shape index (κ3) is 7.15. The van der Waals surface area contributed by atoms with Gasteiger partial charge in [0.2, 0.25) is 5.95 Å². The smallest absolute Gasteiger partial charge is 0.328 e. The number of nitrogens with zero attached hydrogens (tertiary/aromatic N) is 1. The highest BCUT2D eigenvalue weighted by molar-refractivity contribution is 7.10. The first-order valence-corrected chi connectivity index (χ1v) is 12.3. The van der Waals surface area contributed by atoms with Gasteiger partial charge in [-0.2, -0.15) is 4.98 Å². The zero-order chi connectivity index (χ0) is 25.4. The monoisotopic (exact) mass is 503 g/mol. The van der Waals surface area contributed by atoms with Gasteiger partial charge in [0.25, 0.3) is 11.5 Å². The number of nitrogens with one attached hydrogen (secondary N) is 3. The van der Waals surface area contributed by atoms with Crippen LogP contribution < -0.4 is 16.6 Å². The minimum Gasteiger partial charge on any atom is -0.466 e. The number of carbonyl (C=O) groups is 3. The lowest BCUT2D eigenvalue weighted by Gasteiger charge is -2.16. The standard InChI is InChI=1S/C23H29N5O6S/c1-3-33-18(29)9-8-17(22(32)34-4-2)26-20(30)13-10-15(35-12-13)7-5-6-14-11-16-19(25-14)27-23(24)28-21(16)31/h10-12,17H,3-9H2,1-2H3,(H,26,30)(H4,24,25,27,28,31)/t17-/m0/s1. The van der Waals surface area contributed by atoms with E-state index in [9.17, 15) is 19.2 Å². The molecule has 1 amide bonds. The number of rotatable bonds is 12. The van der Waals surface area contributed by atoms with Crippen molar-refractivity contribution in [2.24, 2.45) is 0 Å². The SMILES string of the molecule is CCOC(=O)CC[C@H](NC(=O)c1csc(CCCc2cc3c(=O)[nH]c(N)nc3[nH]2)c1)C(=O)OCC. The van der Waals surface area contributed by atoms with Crippen LogP contribution in [0.4, 0.5) is 5.95 Å². The number of carbonyl (C=O) groups excluding carboxylic acids is 3. The fraction of sp³-hybridized carbons (Fsp3) is 0.435. The highest BCUT2D eigenvalue weighted by atomic mass is 32.1. The molecule has 35 heavy (non-hydrogen) atoms. The van der Waals surface area contributed by atoms with Gasteiger partial charge >= 0.3 is 11.9 Å². The number of aromatic nitrogens is 3. The molecular formula is C23H29N5O6S. The van der Waals surface area contributed by atoms with E-state index in [1.807, 2.05) is 0 Å². The Labute approximate surface area is 205 Å². The Morgan fingerprint density at radius 2 is 1.91 bits per heavy atom. The number of hydrogen-bond acceptors (Lipinski definition) is 9. The predicted molar refractivity (Wildman–Crippen MR) is 131 cm³/mol. The summed E-state index contributed by atoms with van der Waals surface area (Å²) in [6, 6.07) is 2.61. The van der Waals surface area contributed by atoms with Crippen LogP contribution in [-0.4, -0.2) is 52.1 Å². The minimum absolute atomic E-state index is 0.00573. The van der Waals surface area contributed by atoms with Crippen LogP contribution in [0.3, 0.4) is 0 Å². The molecule has 11 nitrogen and oxygen atoms in total. The summed E-state index contributed by atoms with van der Waals surface area (Å²) >= 11 is 1.45. The molecule has 0 radical (unpaired) electrons. The molecule has 1 atom stereocenters. The van der Waals surface area contributed by atoms with E-state index in [1.54, 1.807) is 31.4 Å². The fourth-order valence-corrected chi connectivity index (χ4v) is 4.45. The summed E-state index contributed by atoms with van der Waals surface area (Å²) in [7, 11) is 0. The van der Waals surface area contributed by atoms with E-state index in [0.717, 1.165) is 23.4 Å². The molecule has 3 aromatic heterocycles. The van der Waals surface area contributed by atoms with E-state index < -0.39 is 23.9 Å². The largest absolute Gasteiger partial charge is 0.466 e. The van der Waals surface area contributed by atoms with Crippen molar-refractivity contribution in [1.29, 1.82) is 0 Å². The summed E-state index contributed by atoms with van der Waals surface area (Å²) < 4.78 is 9.92. The van der Waals surface area contributed by atoms with Gasteiger partial charge in [0.1, 0.15) is 11.7 Å². The second kappa shape index (κ2) is 12.2. The van der Waals surface area contributed by atoms with Crippen LogP contribution in [-0.2, 0) is 31.9 Å². The normalized spacial score (nSPS) is 11.8. The number of amides is 1. The van der Waals surface area contributed by atoms with Crippen LogP contribution in [0, 0.1) is 0 Å². The lowest BCUT2D eigenvalue weighted by molar-refractivity contribution is -0.146. The van der Waals surface area contributed by atoms with E-state index in [2.05, 4.69) is 20.3 Å². The van der Waals surface area contributed by atoms with Crippen LogP contribution in [0.15, 0.2) is 22.3 Å². The van der Waals surface area contributed by atoms with Gasteiger partial charge in [-0.1, -0.05) is 0 Å². The Morgan fingerprint density at radius 3 is 2.66 bits per heavy atom. The van der Waals surface area contributed by atoms with Crippen molar-refractivity contribution >= 4 is 46.2 Å². The van der Waals surface area contributed by atoms with Crippen LogP contribution >= 0.6 is 11.3 Å². The van der Waals surface area contributed by atoms with E-state index in [-0.39, 0.29) is 37.6 Å². The number of H-pyrrole nitrogens is 2.